The molecule has 6 nitrogen and oxygen atoms in total. The van der Waals surface area contributed by atoms with Crippen molar-refractivity contribution in [2.24, 2.45) is 0 Å². The van der Waals surface area contributed by atoms with Crippen LogP contribution in [0, 0.1) is 6.92 Å². The first-order chi connectivity index (χ1) is 14.3. The highest BCUT2D eigenvalue weighted by atomic mass is 32.2. The molecule has 0 amide bonds. The van der Waals surface area contributed by atoms with Crippen molar-refractivity contribution in [3.05, 3.63) is 71.9 Å². The molecule has 30 heavy (non-hydrogen) atoms. The number of benzene rings is 2. The van der Waals surface area contributed by atoms with Gasteiger partial charge in [0, 0.05) is 11.3 Å². The molecule has 0 spiro atoms. The van der Waals surface area contributed by atoms with Crippen molar-refractivity contribution in [3.8, 4) is 17.1 Å². The molecular weight excluding hydrogens is 394 g/mol. The van der Waals surface area contributed by atoms with Crippen LogP contribution < -0.4 is 0 Å². The fraction of sp³-hybridized carbons (Fsp3) is 0.304. The molecule has 1 atom stereocenters. The highest BCUT2D eigenvalue weighted by molar-refractivity contribution is 7.99. The monoisotopic (exact) mass is 419 g/mol. The Balaban J connectivity index is 1.74. The number of aryl methyl sites for hydroxylation is 1. The van der Waals surface area contributed by atoms with Crippen molar-refractivity contribution in [1.29, 1.82) is 0 Å². The molecule has 2 heterocycles. The van der Waals surface area contributed by atoms with Gasteiger partial charge in [0.2, 0.25) is 5.89 Å². The predicted octanol–water partition coefficient (Wildman–Crippen LogP) is 5.78. The Bertz CT molecular complexity index is 1130. The number of rotatable bonds is 5. The average molecular weight is 420 g/mol. The van der Waals surface area contributed by atoms with E-state index < -0.39 is 0 Å². The summed E-state index contributed by atoms with van der Waals surface area (Å²) in [5, 5.41) is 13.7. The fourth-order valence-electron chi connectivity index (χ4n) is 3.15. The van der Waals surface area contributed by atoms with Gasteiger partial charge in [-0.3, -0.25) is 4.57 Å². The second-order valence-corrected chi connectivity index (χ2v) is 9.55. The first-order valence-corrected chi connectivity index (χ1v) is 10.8. The third kappa shape index (κ3) is 4.16. The number of nitrogens with zero attached hydrogens (tertiary/aromatic N) is 5. The molecule has 0 saturated carbocycles. The van der Waals surface area contributed by atoms with Gasteiger partial charge in [-0.1, -0.05) is 80.2 Å². The number of para-hydroxylation sites is 1. The van der Waals surface area contributed by atoms with E-state index in [9.17, 15) is 0 Å². The maximum Gasteiger partial charge on any atom is 0.239 e. The number of hydrogen-bond acceptors (Lipinski definition) is 6. The summed E-state index contributed by atoms with van der Waals surface area (Å²) in [5.41, 5.74) is 3.41. The lowest BCUT2D eigenvalue weighted by Gasteiger charge is -2.19. The van der Waals surface area contributed by atoms with Gasteiger partial charge in [0.05, 0.1) is 5.25 Å². The van der Waals surface area contributed by atoms with Gasteiger partial charge in [-0.25, -0.2) is 0 Å². The van der Waals surface area contributed by atoms with Crippen LogP contribution in [0.3, 0.4) is 0 Å². The molecule has 0 saturated heterocycles. The molecule has 154 valence electrons. The summed E-state index contributed by atoms with van der Waals surface area (Å²) in [6.07, 6.45) is 0. The summed E-state index contributed by atoms with van der Waals surface area (Å²) in [4.78, 5) is 4.35. The summed E-state index contributed by atoms with van der Waals surface area (Å²) in [7, 11) is 0. The van der Waals surface area contributed by atoms with Gasteiger partial charge in [-0.2, -0.15) is 4.98 Å². The molecule has 2 aromatic heterocycles. The van der Waals surface area contributed by atoms with Crippen LogP contribution in [0.4, 0.5) is 0 Å². The Morgan fingerprint density at radius 2 is 1.67 bits per heavy atom. The Labute approximate surface area is 180 Å². The number of aromatic nitrogens is 5. The van der Waals surface area contributed by atoms with Gasteiger partial charge in [0.25, 0.3) is 0 Å². The number of thioether (sulfide) groups is 1. The first-order valence-electron chi connectivity index (χ1n) is 9.91. The molecular formula is C23H25N5OS. The van der Waals surface area contributed by atoms with Crippen molar-refractivity contribution in [2.75, 3.05) is 0 Å². The minimum atomic E-state index is -0.0472. The summed E-state index contributed by atoms with van der Waals surface area (Å²) in [6.45, 7) is 10.5. The van der Waals surface area contributed by atoms with E-state index in [2.05, 4.69) is 82.1 Å². The zero-order chi connectivity index (χ0) is 21.3. The molecule has 0 aliphatic rings. The van der Waals surface area contributed by atoms with Crippen molar-refractivity contribution < 1.29 is 4.52 Å². The van der Waals surface area contributed by atoms with Gasteiger partial charge >= 0.3 is 0 Å². The van der Waals surface area contributed by atoms with Gasteiger partial charge in [0.1, 0.15) is 0 Å². The second-order valence-electron chi connectivity index (χ2n) is 8.24. The van der Waals surface area contributed by atoms with Crippen molar-refractivity contribution in [1.82, 2.24) is 24.9 Å². The lowest BCUT2D eigenvalue weighted by molar-refractivity contribution is 0.376. The van der Waals surface area contributed by atoms with E-state index in [1.165, 1.54) is 5.56 Å². The zero-order valence-corrected chi connectivity index (χ0v) is 18.6. The smallest absolute Gasteiger partial charge is 0.239 e. The first kappa shape index (κ1) is 20.3. The summed E-state index contributed by atoms with van der Waals surface area (Å²) in [6, 6.07) is 18.7. The van der Waals surface area contributed by atoms with Gasteiger partial charge < -0.3 is 4.52 Å². The zero-order valence-electron chi connectivity index (χ0n) is 17.8. The maximum atomic E-state index is 5.34. The van der Waals surface area contributed by atoms with Crippen LogP contribution in [0.1, 0.15) is 50.2 Å². The average Bonchev–Trinajstić information content (AvgIpc) is 3.34. The van der Waals surface area contributed by atoms with Crippen LogP contribution in [0.2, 0.25) is 0 Å². The largest absolute Gasteiger partial charge is 0.338 e. The highest BCUT2D eigenvalue weighted by Gasteiger charge is 2.22. The molecule has 4 aromatic rings. The third-order valence-electron chi connectivity index (χ3n) is 4.83. The summed E-state index contributed by atoms with van der Waals surface area (Å²) < 4.78 is 7.42. The minimum absolute atomic E-state index is 0.0472. The molecule has 0 aliphatic carbocycles. The van der Waals surface area contributed by atoms with Crippen LogP contribution in [0.5, 0.6) is 0 Å². The van der Waals surface area contributed by atoms with Crippen molar-refractivity contribution >= 4 is 11.8 Å². The Hall–Kier alpha value is -2.93. The van der Waals surface area contributed by atoms with Crippen molar-refractivity contribution in [3.63, 3.8) is 0 Å². The van der Waals surface area contributed by atoms with Crippen LogP contribution in [-0.4, -0.2) is 24.9 Å². The van der Waals surface area contributed by atoms with E-state index in [-0.39, 0.29) is 10.7 Å². The molecule has 0 bridgehead atoms. The van der Waals surface area contributed by atoms with Gasteiger partial charge in [-0.15, -0.1) is 10.2 Å². The molecule has 0 N–H and O–H groups in total. The van der Waals surface area contributed by atoms with E-state index in [0.29, 0.717) is 11.7 Å². The van der Waals surface area contributed by atoms with Crippen LogP contribution >= 0.6 is 11.8 Å². The van der Waals surface area contributed by atoms with Gasteiger partial charge in [0.15, 0.2) is 16.8 Å². The maximum absolute atomic E-state index is 5.34. The predicted molar refractivity (Wildman–Crippen MR) is 119 cm³/mol. The molecule has 0 radical (unpaired) electrons. The quantitative estimate of drug-likeness (QED) is 0.382. The topological polar surface area (TPSA) is 69.6 Å². The molecule has 0 aliphatic heterocycles. The third-order valence-corrected chi connectivity index (χ3v) is 5.86. The minimum Gasteiger partial charge on any atom is -0.338 e. The Morgan fingerprint density at radius 3 is 2.27 bits per heavy atom. The van der Waals surface area contributed by atoms with E-state index >= 15 is 0 Å². The van der Waals surface area contributed by atoms with Gasteiger partial charge in [-0.05, 0) is 37.0 Å². The lowest BCUT2D eigenvalue weighted by atomic mass is 9.87. The summed E-state index contributed by atoms with van der Waals surface area (Å²) in [5.74, 6) is 2.01. The van der Waals surface area contributed by atoms with Crippen LogP contribution in [0.25, 0.3) is 17.1 Å². The van der Waals surface area contributed by atoms with Crippen LogP contribution in [0.15, 0.2) is 64.3 Å². The number of hydrogen-bond donors (Lipinski definition) is 0. The van der Waals surface area contributed by atoms with E-state index in [4.69, 9.17) is 4.52 Å². The van der Waals surface area contributed by atoms with E-state index in [0.717, 1.165) is 22.2 Å². The SMILES string of the molecule is Cc1noc(C(C)Sc2nnc(-c3ccc(C(C)(C)C)cc3)n2-c2ccccc2)n1. The van der Waals surface area contributed by atoms with Crippen molar-refractivity contribution in [2.45, 2.75) is 50.4 Å². The highest BCUT2D eigenvalue weighted by Crippen LogP contribution is 2.36. The standard InChI is InChI=1S/C23H25N5OS/c1-15(21-24-16(2)27-29-21)30-22-26-25-20(28(22)19-9-7-6-8-10-19)17-11-13-18(14-12-17)23(3,4)5/h6-15H,1-5H3. The fourth-order valence-corrected chi connectivity index (χ4v) is 4.05. The molecule has 0 fully saturated rings. The van der Waals surface area contributed by atoms with E-state index in [1.807, 2.05) is 32.0 Å². The Kier molecular flexibility index (Phi) is 5.47. The molecule has 4 rings (SSSR count). The molecule has 2 aromatic carbocycles. The summed E-state index contributed by atoms with van der Waals surface area (Å²) >= 11 is 1.55. The van der Waals surface area contributed by atoms with Crippen LogP contribution in [-0.2, 0) is 5.41 Å². The Morgan fingerprint density at radius 1 is 0.967 bits per heavy atom. The lowest BCUT2D eigenvalue weighted by Crippen LogP contribution is -2.10. The normalized spacial score (nSPS) is 12.8. The second kappa shape index (κ2) is 8.07. The molecule has 1 unspecified atom stereocenters. The van der Waals surface area contributed by atoms with E-state index in [1.54, 1.807) is 11.8 Å². The molecule has 7 heteroatoms.